The van der Waals surface area contributed by atoms with Crippen LogP contribution in [0.1, 0.15) is 11.7 Å². The van der Waals surface area contributed by atoms with Crippen LogP contribution < -0.4 is 15.0 Å². The summed E-state index contributed by atoms with van der Waals surface area (Å²) in [4.78, 5) is 18.5. The summed E-state index contributed by atoms with van der Waals surface area (Å²) in [6.07, 6.45) is -0.271. The largest absolute Gasteiger partial charge is 0.482 e. The van der Waals surface area contributed by atoms with Crippen molar-refractivity contribution in [2.45, 2.75) is 11.4 Å². The minimum atomic E-state index is -0.271. The third kappa shape index (κ3) is 2.63. The van der Waals surface area contributed by atoms with Gasteiger partial charge < -0.3 is 15.0 Å². The number of para-hydroxylation sites is 2. The second kappa shape index (κ2) is 5.87. The number of amidine groups is 1. The minimum Gasteiger partial charge on any atom is -0.482 e. The maximum absolute atomic E-state index is 11.9. The van der Waals surface area contributed by atoms with Crippen LogP contribution in [-0.4, -0.2) is 30.4 Å². The van der Waals surface area contributed by atoms with Gasteiger partial charge in [-0.15, -0.1) is 0 Å². The summed E-state index contributed by atoms with van der Waals surface area (Å²) in [5.74, 6) is 1.40. The molecule has 2 heterocycles. The third-order valence-corrected chi connectivity index (χ3v) is 5.15. The number of aliphatic imine (C=N–C) groups is 1. The fourth-order valence-electron chi connectivity index (χ4n) is 2.86. The molecule has 2 atom stereocenters. The average molecular weight is 339 g/mol. The highest BCUT2D eigenvalue weighted by Crippen LogP contribution is 2.42. The Labute approximate surface area is 144 Å². The number of nitrogens with zero attached hydrogens (tertiary/aromatic N) is 2. The van der Waals surface area contributed by atoms with Crippen molar-refractivity contribution >= 4 is 34.2 Å². The van der Waals surface area contributed by atoms with E-state index in [1.54, 1.807) is 0 Å². The van der Waals surface area contributed by atoms with Crippen molar-refractivity contribution in [3.8, 4) is 5.75 Å². The van der Waals surface area contributed by atoms with Gasteiger partial charge in [0.1, 0.15) is 28.6 Å². The highest BCUT2D eigenvalue weighted by Gasteiger charge is 2.40. The van der Waals surface area contributed by atoms with E-state index in [1.165, 1.54) is 11.8 Å². The maximum Gasteiger partial charge on any atom is 0.285 e. The van der Waals surface area contributed by atoms with Gasteiger partial charge in [-0.2, -0.15) is 0 Å². The van der Waals surface area contributed by atoms with Crippen LogP contribution in [0.5, 0.6) is 5.75 Å². The maximum atomic E-state index is 11.9. The summed E-state index contributed by atoms with van der Waals surface area (Å²) in [6.45, 7) is 0. The number of nitrogens with one attached hydrogen (secondary N) is 1. The van der Waals surface area contributed by atoms with Crippen LogP contribution in [0.4, 0.5) is 16.2 Å². The number of hydrogen-bond donors (Lipinski definition) is 1. The van der Waals surface area contributed by atoms with Crippen molar-refractivity contribution in [2.24, 2.45) is 4.99 Å². The molecule has 0 bridgehead atoms. The van der Waals surface area contributed by atoms with E-state index >= 15 is 0 Å². The molecule has 2 aromatic carbocycles. The number of hydrogen-bond acceptors (Lipinski definition) is 5. The molecule has 2 aliphatic rings. The zero-order chi connectivity index (χ0) is 16.7. The van der Waals surface area contributed by atoms with Gasteiger partial charge >= 0.3 is 0 Å². The molecule has 1 amide bonds. The Balaban J connectivity index is 1.76. The minimum absolute atomic E-state index is 0.0864. The molecule has 4 rings (SSSR count). The second-order valence-corrected chi connectivity index (χ2v) is 7.05. The summed E-state index contributed by atoms with van der Waals surface area (Å²) in [5.41, 5.74) is 2.89. The van der Waals surface area contributed by atoms with Crippen LogP contribution in [-0.2, 0) is 0 Å². The quantitative estimate of drug-likeness (QED) is 0.905. The van der Waals surface area contributed by atoms with Crippen LogP contribution >= 0.6 is 11.8 Å². The number of rotatable bonds is 2. The second-order valence-electron chi connectivity index (χ2n) is 5.94. The Bertz CT molecular complexity index is 817. The molecule has 1 fully saturated rings. The molecule has 1 saturated heterocycles. The highest BCUT2D eigenvalue weighted by atomic mass is 32.2. The lowest BCUT2D eigenvalue weighted by atomic mass is 10.0. The number of benzene rings is 2. The van der Waals surface area contributed by atoms with Gasteiger partial charge in [-0.05, 0) is 41.6 Å². The van der Waals surface area contributed by atoms with E-state index < -0.39 is 0 Å². The van der Waals surface area contributed by atoms with Crippen molar-refractivity contribution in [1.82, 2.24) is 5.32 Å². The number of carbonyl (C=O) groups excluding carboxylic acids is 1. The Morgan fingerprint density at radius 1 is 1.12 bits per heavy atom. The molecule has 0 saturated carbocycles. The first kappa shape index (κ1) is 15.1. The molecular formula is C18H17N3O2S. The van der Waals surface area contributed by atoms with E-state index in [4.69, 9.17) is 4.74 Å². The number of ether oxygens (including phenoxy) is 1. The smallest absolute Gasteiger partial charge is 0.285 e. The number of anilines is 1. The predicted octanol–water partition coefficient (Wildman–Crippen LogP) is 3.74. The van der Waals surface area contributed by atoms with Crippen LogP contribution in [0.3, 0.4) is 0 Å². The first-order valence-electron chi connectivity index (χ1n) is 7.71. The van der Waals surface area contributed by atoms with Crippen LogP contribution in [0.2, 0.25) is 0 Å². The van der Waals surface area contributed by atoms with Crippen molar-refractivity contribution in [3.63, 3.8) is 0 Å². The van der Waals surface area contributed by atoms with Crippen molar-refractivity contribution in [1.29, 1.82) is 0 Å². The van der Waals surface area contributed by atoms with Gasteiger partial charge in [-0.3, -0.25) is 4.79 Å². The average Bonchev–Trinajstić information content (AvgIpc) is 2.86. The lowest BCUT2D eigenvalue weighted by Crippen LogP contribution is -2.30. The van der Waals surface area contributed by atoms with E-state index in [0.29, 0.717) is 5.84 Å². The molecule has 1 N–H and O–H groups in total. The molecule has 2 aromatic rings. The normalized spacial score (nSPS) is 21.8. The summed E-state index contributed by atoms with van der Waals surface area (Å²) in [6, 6.07) is 15.9. The summed E-state index contributed by atoms with van der Waals surface area (Å²) >= 11 is 1.23. The fourth-order valence-corrected chi connectivity index (χ4v) is 3.81. The van der Waals surface area contributed by atoms with E-state index in [0.717, 1.165) is 22.7 Å². The number of carbonyl (C=O) groups is 1. The third-order valence-electron chi connectivity index (χ3n) is 4.11. The standard InChI is InChI=1S/C18H17N3O2S/c1-21(2)12-9-7-11(8-10-12)15-16-17(20-18(22)24-16)19-13-5-3-4-6-14(13)23-15/h3-10,15-16H,1-2H3,(H,19,20,22). The molecule has 0 aromatic heterocycles. The Hall–Kier alpha value is -2.47. The Morgan fingerprint density at radius 2 is 1.88 bits per heavy atom. The van der Waals surface area contributed by atoms with Gasteiger partial charge in [0.05, 0.1) is 0 Å². The number of fused-ring (bicyclic) bond motifs is 2. The van der Waals surface area contributed by atoms with Crippen LogP contribution in [0.15, 0.2) is 53.5 Å². The zero-order valence-corrected chi connectivity index (χ0v) is 14.2. The molecule has 0 aliphatic carbocycles. The van der Waals surface area contributed by atoms with Crippen molar-refractivity contribution < 1.29 is 9.53 Å². The van der Waals surface area contributed by atoms with Gasteiger partial charge in [0.15, 0.2) is 0 Å². The van der Waals surface area contributed by atoms with Gasteiger partial charge in [0.25, 0.3) is 5.24 Å². The predicted molar refractivity (Wildman–Crippen MR) is 97.6 cm³/mol. The molecule has 122 valence electrons. The van der Waals surface area contributed by atoms with Crippen LogP contribution in [0, 0.1) is 0 Å². The molecule has 0 spiro atoms. The molecular weight excluding hydrogens is 322 g/mol. The lowest BCUT2D eigenvalue weighted by Gasteiger charge is -2.23. The Kier molecular flexibility index (Phi) is 3.69. The fraction of sp³-hybridized carbons (Fsp3) is 0.222. The Morgan fingerprint density at radius 3 is 2.62 bits per heavy atom. The van der Waals surface area contributed by atoms with Crippen molar-refractivity contribution in [3.05, 3.63) is 54.1 Å². The van der Waals surface area contributed by atoms with E-state index in [2.05, 4.69) is 39.5 Å². The molecule has 5 nitrogen and oxygen atoms in total. The molecule has 0 radical (unpaired) electrons. The monoisotopic (exact) mass is 339 g/mol. The SMILES string of the molecule is CN(C)c1ccc(C2Oc3ccccc3N=C3NC(=O)SC32)cc1. The lowest BCUT2D eigenvalue weighted by molar-refractivity contribution is 0.222. The summed E-state index contributed by atoms with van der Waals surface area (Å²) in [7, 11) is 4.02. The highest BCUT2D eigenvalue weighted by molar-refractivity contribution is 8.15. The zero-order valence-electron chi connectivity index (χ0n) is 13.4. The molecule has 2 aliphatic heterocycles. The van der Waals surface area contributed by atoms with Gasteiger partial charge in [0.2, 0.25) is 0 Å². The van der Waals surface area contributed by atoms with E-state index in [-0.39, 0.29) is 16.6 Å². The number of thioether (sulfide) groups is 1. The first-order valence-corrected chi connectivity index (χ1v) is 8.59. The van der Waals surface area contributed by atoms with Gasteiger partial charge in [-0.25, -0.2) is 4.99 Å². The van der Waals surface area contributed by atoms with Gasteiger partial charge in [0, 0.05) is 19.8 Å². The first-order chi connectivity index (χ1) is 11.6. The molecule has 24 heavy (non-hydrogen) atoms. The van der Waals surface area contributed by atoms with Crippen molar-refractivity contribution in [2.75, 3.05) is 19.0 Å². The molecule has 6 heteroatoms. The van der Waals surface area contributed by atoms with Gasteiger partial charge in [-0.1, -0.05) is 24.3 Å². The van der Waals surface area contributed by atoms with E-state index in [1.807, 2.05) is 38.4 Å². The summed E-state index contributed by atoms with van der Waals surface area (Å²) in [5, 5.41) is 2.59. The number of amides is 1. The van der Waals surface area contributed by atoms with Crippen LogP contribution in [0.25, 0.3) is 0 Å². The molecule has 2 unspecified atom stereocenters. The topological polar surface area (TPSA) is 53.9 Å². The summed E-state index contributed by atoms with van der Waals surface area (Å²) < 4.78 is 6.26. The van der Waals surface area contributed by atoms with E-state index in [9.17, 15) is 4.79 Å².